The maximum atomic E-state index is 11.6. The van der Waals surface area contributed by atoms with E-state index >= 15 is 0 Å². The van der Waals surface area contributed by atoms with Crippen molar-refractivity contribution in [1.82, 2.24) is 5.32 Å². The van der Waals surface area contributed by atoms with E-state index in [9.17, 15) is 9.59 Å². The number of methoxy groups -OCH3 is 1. The highest BCUT2D eigenvalue weighted by molar-refractivity contribution is 8.15. The van der Waals surface area contributed by atoms with Crippen LogP contribution in [0.3, 0.4) is 0 Å². The van der Waals surface area contributed by atoms with Crippen LogP contribution in [0.5, 0.6) is 5.75 Å². The van der Waals surface area contributed by atoms with Gasteiger partial charge in [0.1, 0.15) is 11.0 Å². The fraction of sp³-hybridized carbons (Fsp3) is 0.286. The molecule has 1 saturated heterocycles. The Kier molecular flexibility index (Phi) is 5.16. The Morgan fingerprint density at radius 3 is 2.95 bits per heavy atom. The number of ether oxygens (including phenoxy) is 1. The van der Waals surface area contributed by atoms with Crippen molar-refractivity contribution in [1.29, 1.82) is 0 Å². The van der Waals surface area contributed by atoms with Gasteiger partial charge < -0.3 is 15.2 Å². The van der Waals surface area contributed by atoms with Crippen molar-refractivity contribution < 1.29 is 19.4 Å². The highest BCUT2D eigenvalue weighted by Gasteiger charge is 2.32. The summed E-state index contributed by atoms with van der Waals surface area (Å²) >= 11 is 1.07. The third-order valence-corrected chi connectivity index (χ3v) is 3.99. The van der Waals surface area contributed by atoms with Gasteiger partial charge in [-0.1, -0.05) is 23.9 Å². The molecule has 22 heavy (non-hydrogen) atoms. The van der Waals surface area contributed by atoms with Crippen LogP contribution in [0.15, 0.2) is 34.5 Å². The standard InChI is InChI=1S/C14H15N3O4S/c1-8(9-4-3-5-10(6-9)21-2)16-17-14-15-13(20)11(22-14)7-12(18)19/h3-6,11H,7H2,1-2H3,(H,18,19)(H,15,17,20)/b16-8-/t11-/m0/s1. The summed E-state index contributed by atoms with van der Waals surface area (Å²) in [7, 11) is 1.58. The lowest BCUT2D eigenvalue weighted by Crippen LogP contribution is -2.26. The molecule has 2 rings (SSSR count). The first-order valence-corrected chi connectivity index (χ1v) is 7.33. The van der Waals surface area contributed by atoms with Crippen molar-refractivity contribution in [2.75, 3.05) is 7.11 Å². The number of thioether (sulfide) groups is 1. The smallest absolute Gasteiger partial charge is 0.305 e. The Morgan fingerprint density at radius 1 is 1.50 bits per heavy atom. The Morgan fingerprint density at radius 2 is 2.27 bits per heavy atom. The Balaban J connectivity index is 2.09. The van der Waals surface area contributed by atoms with Crippen molar-refractivity contribution >= 4 is 34.5 Å². The number of nitrogens with one attached hydrogen (secondary N) is 1. The first-order valence-electron chi connectivity index (χ1n) is 6.45. The summed E-state index contributed by atoms with van der Waals surface area (Å²) in [4.78, 5) is 22.2. The molecule has 0 aliphatic carbocycles. The quantitative estimate of drug-likeness (QED) is 0.632. The molecule has 0 spiro atoms. The van der Waals surface area contributed by atoms with Crippen LogP contribution >= 0.6 is 11.8 Å². The van der Waals surface area contributed by atoms with Gasteiger partial charge in [0.2, 0.25) is 5.91 Å². The van der Waals surface area contributed by atoms with Gasteiger partial charge in [0.25, 0.3) is 0 Å². The minimum Gasteiger partial charge on any atom is -0.497 e. The molecule has 1 aliphatic heterocycles. The minimum absolute atomic E-state index is 0.242. The monoisotopic (exact) mass is 321 g/mol. The molecule has 1 atom stereocenters. The molecule has 1 aromatic rings. The summed E-state index contributed by atoms with van der Waals surface area (Å²) in [6, 6.07) is 7.36. The van der Waals surface area contributed by atoms with Gasteiger partial charge in [0.15, 0.2) is 5.17 Å². The summed E-state index contributed by atoms with van der Waals surface area (Å²) in [6.45, 7) is 1.79. The molecule has 1 heterocycles. The predicted octanol–water partition coefficient (Wildman–Crippen LogP) is 1.48. The molecular weight excluding hydrogens is 306 g/mol. The lowest BCUT2D eigenvalue weighted by atomic mass is 10.1. The number of aliphatic carboxylic acids is 1. The fourth-order valence-corrected chi connectivity index (χ4v) is 2.68. The molecule has 0 bridgehead atoms. The van der Waals surface area contributed by atoms with E-state index in [2.05, 4.69) is 15.5 Å². The van der Waals surface area contributed by atoms with E-state index in [0.29, 0.717) is 16.6 Å². The van der Waals surface area contributed by atoms with Gasteiger partial charge in [-0.2, -0.15) is 5.10 Å². The number of amidine groups is 1. The molecule has 0 radical (unpaired) electrons. The van der Waals surface area contributed by atoms with Crippen LogP contribution in [-0.2, 0) is 9.59 Å². The van der Waals surface area contributed by atoms with Crippen LogP contribution in [0.4, 0.5) is 0 Å². The van der Waals surface area contributed by atoms with Crippen molar-refractivity contribution in [3.05, 3.63) is 29.8 Å². The number of carboxylic acids is 1. The zero-order valence-corrected chi connectivity index (χ0v) is 12.9. The number of amides is 1. The minimum atomic E-state index is -1.02. The lowest BCUT2D eigenvalue weighted by Gasteiger charge is -2.02. The molecule has 1 fully saturated rings. The van der Waals surface area contributed by atoms with Crippen molar-refractivity contribution in [2.24, 2.45) is 10.2 Å². The van der Waals surface area contributed by atoms with Crippen LogP contribution in [0, 0.1) is 0 Å². The summed E-state index contributed by atoms with van der Waals surface area (Å²) in [6.07, 6.45) is -0.242. The Bertz CT molecular complexity index is 657. The summed E-state index contributed by atoms with van der Waals surface area (Å²) in [5.74, 6) is -0.671. The average Bonchev–Trinajstić information content (AvgIpc) is 2.84. The SMILES string of the molecule is COc1cccc(/C(C)=N\N=C2\NC(=O)[C@H](CC(=O)O)S2)c1. The van der Waals surface area contributed by atoms with E-state index in [-0.39, 0.29) is 12.3 Å². The van der Waals surface area contributed by atoms with Gasteiger partial charge >= 0.3 is 5.97 Å². The molecule has 116 valence electrons. The van der Waals surface area contributed by atoms with Crippen LogP contribution in [0.2, 0.25) is 0 Å². The van der Waals surface area contributed by atoms with E-state index in [1.54, 1.807) is 14.0 Å². The number of hydrogen-bond donors (Lipinski definition) is 2. The Labute approximate surface area is 131 Å². The molecule has 8 heteroatoms. The van der Waals surface area contributed by atoms with Gasteiger partial charge in [-0.15, -0.1) is 5.10 Å². The molecule has 0 saturated carbocycles. The van der Waals surface area contributed by atoms with E-state index in [0.717, 1.165) is 17.3 Å². The molecule has 0 unspecified atom stereocenters. The normalized spacial score (nSPS) is 20.1. The van der Waals surface area contributed by atoms with Crippen molar-refractivity contribution in [2.45, 2.75) is 18.6 Å². The molecular formula is C14H15N3O4S. The lowest BCUT2D eigenvalue weighted by molar-refractivity contribution is -0.138. The average molecular weight is 321 g/mol. The first-order chi connectivity index (χ1) is 10.5. The number of nitrogens with zero attached hydrogens (tertiary/aromatic N) is 2. The highest BCUT2D eigenvalue weighted by atomic mass is 32.2. The summed E-state index contributed by atoms with van der Waals surface area (Å²) in [5, 5.41) is 18.9. The molecule has 2 N–H and O–H groups in total. The molecule has 1 amide bonds. The number of carboxylic acid groups (broad SMARTS) is 1. The van der Waals surface area contributed by atoms with Crippen LogP contribution < -0.4 is 10.1 Å². The first kappa shape index (κ1) is 16.0. The van der Waals surface area contributed by atoms with E-state index < -0.39 is 11.2 Å². The zero-order valence-electron chi connectivity index (χ0n) is 12.1. The van der Waals surface area contributed by atoms with E-state index in [4.69, 9.17) is 9.84 Å². The van der Waals surface area contributed by atoms with Crippen LogP contribution in [0.25, 0.3) is 0 Å². The predicted molar refractivity (Wildman–Crippen MR) is 84.4 cm³/mol. The molecule has 7 nitrogen and oxygen atoms in total. The number of carbonyl (C=O) groups excluding carboxylic acids is 1. The largest absolute Gasteiger partial charge is 0.497 e. The van der Waals surface area contributed by atoms with Crippen molar-refractivity contribution in [3.63, 3.8) is 0 Å². The molecule has 0 aromatic heterocycles. The van der Waals surface area contributed by atoms with Gasteiger partial charge in [-0.3, -0.25) is 9.59 Å². The van der Waals surface area contributed by atoms with Gasteiger partial charge in [0, 0.05) is 5.56 Å². The maximum absolute atomic E-state index is 11.6. The molecule has 1 aliphatic rings. The Hall–Kier alpha value is -2.35. The second-order valence-electron chi connectivity index (χ2n) is 4.52. The molecule has 1 aromatic carbocycles. The van der Waals surface area contributed by atoms with E-state index in [1.807, 2.05) is 24.3 Å². The van der Waals surface area contributed by atoms with E-state index in [1.165, 1.54) is 0 Å². The number of rotatable bonds is 5. The van der Waals surface area contributed by atoms with Gasteiger partial charge in [-0.25, -0.2) is 0 Å². The third-order valence-electron chi connectivity index (χ3n) is 2.91. The summed E-state index contributed by atoms with van der Waals surface area (Å²) in [5.41, 5.74) is 1.50. The summed E-state index contributed by atoms with van der Waals surface area (Å²) < 4.78 is 5.14. The van der Waals surface area contributed by atoms with Crippen LogP contribution in [0.1, 0.15) is 18.9 Å². The fourth-order valence-electron chi connectivity index (χ4n) is 1.77. The van der Waals surface area contributed by atoms with Gasteiger partial charge in [0.05, 0.1) is 19.2 Å². The highest BCUT2D eigenvalue weighted by Crippen LogP contribution is 2.22. The second kappa shape index (κ2) is 7.08. The third kappa shape index (κ3) is 4.08. The second-order valence-corrected chi connectivity index (χ2v) is 5.71. The maximum Gasteiger partial charge on any atom is 0.305 e. The van der Waals surface area contributed by atoms with Crippen molar-refractivity contribution in [3.8, 4) is 5.75 Å². The number of carbonyl (C=O) groups is 2. The topological polar surface area (TPSA) is 100 Å². The number of benzene rings is 1. The zero-order chi connectivity index (χ0) is 16.1. The van der Waals surface area contributed by atoms with Gasteiger partial charge in [-0.05, 0) is 19.1 Å². The van der Waals surface area contributed by atoms with Crippen LogP contribution in [-0.4, -0.2) is 40.2 Å². The number of hydrogen-bond acceptors (Lipinski definition) is 6.